The van der Waals surface area contributed by atoms with Crippen molar-refractivity contribution in [2.45, 2.75) is 45.3 Å². The van der Waals surface area contributed by atoms with Crippen molar-refractivity contribution >= 4 is 0 Å². The smallest absolute Gasteiger partial charge is 0.0775 e. The third kappa shape index (κ3) is 4.44. The van der Waals surface area contributed by atoms with Crippen LogP contribution < -0.4 is 5.32 Å². The van der Waals surface area contributed by atoms with Gasteiger partial charge in [0.15, 0.2) is 0 Å². The van der Waals surface area contributed by atoms with E-state index in [1.165, 1.54) is 5.57 Å². The molecule has 78 valence electrons. The Bertz CT molecular complexity index is 163. The maximum absolute atomic E-state index is 5.43. The zero-order valence-electron chi connectivity index (χ0n) is 9.61. The zero-order valence-corrected chi connectivity index (χ0v) is 9.61. The Morgan fingerprint density at radius 2 is 2.08 bits per heavy atom. The van der Waals surface area contributed by atoms with Gasteiger partial charge in [-0.3, -0.25) is 0 Å². The number of likely N-dealkylation sites (N-methyl/N-ethyl adjacent to an activating group) is 1. The number of ether oxygens (including phenoxy) is 1. The summed E-state index contributed by atoms with van der Waals surface area (Å²) >= 11 is 0. The topological polar surface area (TPSA) is 21.3 Å². The molecule has 0 amide bonds. The molecule has 1 N–H and O–H groups in total. The third-order valence-corrected chi connectivity index (χ3v) is 2.57. The Kier molecular flexibility index (Phi) is 5.26. The first-order valence-corrected chi connectivity index (χ1v) is 4.81. The Morgan fingerprint density at radius 1 is 1.54 bits per heavy atom. The molecule has 0 rings (SSSR count). The minimum Gasteiger partial charge on any atom is -0.377 e. The fourth-order valence-electron chi connectivity index (χ4n) is 1.37. The molecule has 1 unspecified atom stereocenters. The van der Waals surface area contributed by atoms with Crippen LogP contribution in [0.1, 0.15) is 33.6 Å². The molecule has 0 heterocycles. The number of allylic oxidation sites excluding steroid dienone is 1. The maximum atomic E-state index is 5.43. The molecule has 0 spiro atoms. The average molecular weight is 185 g/mol. The van der Waals surface area contributed by atoms with Crippen LogP contribution in [0.25, 0.3) is 0 Å². The van der Waals surface area contributed by atoms with E-state index < -0.39 is 0 Å². The largest absolute Gasteiger partial charge is 0.377 e. The van der Waals surface area contributed by atoms with Crippen LogP contribution in [0.2, 0.25) is 0 Å². The highest BCUT2D eigenvalue weighted by Crippen LogP contribution is 2.19. The van der Waals surface area contributed by atoms with E-state index in [4.69, 9.17) is 4.74 Å². The second-order valence-corrected chi connectivity index (χ2v) is 4.14. The van der Waals surface area contributed by atoms with Gasteiger partial charge in [0.2, 0.25) is 0 Å². The lowest BCUT2D eigenvalue weighted by molar-refractivity contribution is -0.0103. The van der Waals surface area contributed by atoms with Crippen LogP contribution in [0.4, 0.5) is 0 Å². The van der Waals surface area contributed by atoms with E-state index in [1.54, 1.807) is 7.11 Å². The molecular weight excluding hydrogens is 162 g/mol. The molecule has 0 bridgehead atoms. The summed E-state index contributed by atoms with van der Waals surface area (Å²) in [5.74, 6) is 0. The summed E-state index contributed by atoms with van der Waals surface area (Å²) in [4.78, 5) is 0. The molecule has 0 aliphatic rings. The first kappa shape index (κ1) is 12.7. The normalized spacial score (nSPS) is 14.2. The van der Waals surface area contributed by atoms with Crippen LogP contribution in [0.15, 0.2) is 12.2 Å². The summed E-state index contributed by atoms with van der Waals surface area (Å²) < 4.78 is 5.43. The molecule has 13 heavy (non-hydrogen) atoms. The van der Waals surface area contributed by atoms with Crippen molar-refractivity contribution in [3.05, 3.63) is 12.2 Å². The van der Waals surface area contributed by atoms with E-state index >= 15 is 0 Å². The monoisotopic (exact) mass is 185 g/mol. The lowest BCUT2D eigenvalue weighted by Gasteiger charge is -2.33. The highest BCUT2D eigenvalue weighted by molar-refractivity contribution is 4.93. The summed E-state index contributed by atoms with van der Waals surface area (Å²) in [5.41, 5.74) is 1.12. The van der Waals surface area contributed by atoms with Gasteiger partial charge >= 0.3 is 0 Å². The van der Waals surface area contributed by atoms with Crippen molar-refractivity contribution in [1.29, 1.82) is 0 Å². The fraction of sp³-hybridized carbons (Fsp3) is 0.818. The zero-order chi connectivity index (χ0) is 10.5. The molecule has 0 aromatic heterocycles. The van der Waals surface area contributed by atoms with Gasteiger partial charge in [-0.15, -0.1) is 6.58 Å². The minimum atomic E-state index is -0.107. The Morgan fingerprint density at radius 3 is 2.38 bits per heavy atom. The lowest BCUT2D eigenvalue weighted by atomic mass is 9.93. The summed E-state index contributed by atoms with van der Waals surface area (Å²) in [6, 6.07) is 0.384. The molecule has 0 saturated heterocycles. The van der Waals surface area contributed by atoms with Gasteiger partial charge < -0.3 is 10.1 Å². The van der Waals surface area contributed by atoms with Crippen molar-refractivity contribution in [2.75, 3.05) is 14.2 Å². The summed E-state index contributed by atoms with van der Waals surface area (Å²) in [6.07, 6.45) is 2.13. The van der Waals surface area contributed by atoms with Gasteiger partial charge in [0.1, 0.15) is 0 Å². The summed E-state index contributed by atoms with van der Waals surface area (Å²) in [5, 5.41) is 3.28. The molecule has 0 saturated carbocycles. The van der Waals surface area contributed by atoms with Crippen LogP contribution in [0.5, 0.6) is 0 Å². The van der Waals surface area contributed by atoms with Crippen LogP contribution in [-0.2, 0) is 4.74 Å². The fourth-order valence-corrected chi connectivity index (χ4v) is 1.37. The molecule has 0 aliphatic carbocycles. The number of hydrogen-bond acceptors (Lipinski definition) is 2. The molecule has 0 aromatic carbocycles. The predicted molar refractivity (Wildman–Crippen MR) is 58.0 cm³/mol. The van der Waals surface area contributed by atoms with Gasteiger partial charge in [-0.2, -0.15) is 0 Å². The molecule has 0 radical (unpaired) electrons. The Hall–Kier alpha value is -0.340. The van der Waals surface area contributed by atoms with E-state index in [0.29, 0.717) is 6.04 Å². The molecule has 0 aliphatic heterocycles. The number of methoxy groups -OCH3 is 1. The van der Waals surface area contributed by atoms with Gasteiger partial charge in [-0.05, 0) is 40.7 Å². The predicted octanol–water partition coefficient (Wildman–Crippen LogP) is 2.36. The minimum absolute atomic E-state index is 0.107. The first-order valence-electron chi connectivity index (χ1n) is 4.81. The SMILES string of the molecule is C=C(C)CCC(NC)C(C)(C)OC. The van der Waals surface area contributed by atoms with E-state index in [2.05, 4.69) is 32.7 Å². The van der Waals surface area contributed by atoms with Gasteiger partial charge in [-0.25, -0.2) is 0 Å². The molecule has 2 heteroatoms. The number of hydrogen-bond donors (Lipinski definition) is 1. The highest BCUT2D eigenvalue weighted by atomic mass is 16.5. The summed E-state index contributed by atoms with van der Waals surface area (Å²) in [6.45, 7) is 10.2. The van der Waals surface area contributed by atoms with Gasteiger partial charge in [-0.1, -0.05) is 5.57 Å². The molecule has 1 atom stereocenters. The van der Waals surface area contributed by atoms with Gasteiger partial charge in [0.05, 0.1) is 5.60 Å². The van der Waals surface area contributed by atoms with Crippen LogP contribution in [0.3, 0.4) is 0 Å². The molecule has 2 nitrogen and oxygen atoms in total. The maximum Gasteiger partial charge on any atom is 0.0775 e. The van der Waals surface area contributed by atoms with Gasteiger partial charge in [0.25, 0.3) is 0 Å². The second-order valence-electron chi connectivity index (χ2n) is 4.14. The standard InChI is InChI=1S/C11H23NO/c1-9(2)7-8-10(12-5)11(3,4)13-6/h10,12H,1,7-8H2,2-6H3. The van der Waals surface area contributed by atoms with Crippen molar-refractivity contribution in [3.8, 4) is 0 Å². The van der Waals surface area contributed by atoms with Gasteiger partial charge in [0, 0.05) is 13.2 Å². The van der Waals surface area contributed by atoms with Crippen molar-refractivity contribution in [2.24, 2.45) is 0 Å². The van der Waals surface area contributed by atoms with E-state index in [9.17, 15) is 0 Å². The van der Waals surface area contributed by atoms with E-state index in [1.807, 2.05) is 7.05 Å². The highest BCUT2D eigenvalue weighted by Gasteiger charge is 2.27. The van der Waals surface area contributed by atoms with Crippen LogP contribution in [-0.4, -0.2) is 25.8 Å². The lowest BCUT2D eigenvalue weighted by Crippen LogP contribution is -2.46. The third-order valence-electron chi connectivity index (χ3n) is 2.57. The van der Waals surface area contributed by atoms with E-state index in [-0.39, 0.29) is 5.60 Å². The molecule has 0 aromatic rings. The van der Waals surface area contributed by atoms with Crippen LogP contribution >= 0.6 is 0 Å². The molecular formula is C11H23NO. The number of nitrogens with one attached hydrogen (secondary N) is 1. The van der Waals surface area contributed by atoms with E-state index in [0.717, 1.165) is 12.8 Å². The summed E-state index contributed by atoms with van der Waals surface area (Å²) in [7, 11) is 3.73. The first-order chi connectivity index (χ1) is 5.94. The molecule has 0 fully saturated rings. The van der Waals surface area contributed by atoms with Crippen molar-refractivity contribution in [3.63, 3.8) is 0 Å². The quantitative estimate of drug-likeness (QED) is 0.641. The van der Waals surface area contributed by atoms with Crippen molar-refractivity contribution < 1.29 is 4.74 Å². The number of rotatable bonds is 6. The van der Waals surface area contributed by atoms with Crippen molar-refractivity contribution in [1.82, 2.24) is 5.32 Å². The average Bonchev–Trinajstić information content (AvgIpc) is 2.04. The Labute approximate surface area is 82.4 Å². The van der Waals surface area contributed by atoms with Crippen LogP contribution in [0, 0.1) is 0 Å². The Balaban J connectivity index is 4.09. The second kappa shape index (κ2) is 5.40.